The first-order chi connectivity index (χ1) is 16.4. The van der Waals surface area contributed by atoms with Gasteiger partial charge in [0.1, 0.15) is 6.04 Å². The summed E-state index contributed by atoms with van der Waals surface area (Å²) < 4.78 is -1.11. The molecular formula is C26H29N3O4S. The minimum atomic E-state index is -0.720. The van der Waals surface area contributed by atoms with Crippen molar-refractivity contribution in [1.82, 2.24) is 10.2 Å². The standard InChI is InChI=1S/C26H29N3O4S/c1-25-12-13-26(34-25)20(19(25)22(31)28-18-10-6-3-7-11-18)24(33)29(14-15-30)21(26)23(32)27-16-17-8-4-2-5-9-17/h2-11,19-21,30H,12-16H2,1H3,(H,27,32)(H,28,31)/t19-,20-,21?,25+,26?/m0/s1. The Kier molecular flexibility index (Phi) is 5.90. The molecule has 0 radical (unpaired) electrons. The van der Waals surface area contributed by atoms with Crippen LogP contribution in [-0.2, 0) is 20.9 Å². The third-order valence-corrected chi connectivity index (χ3v) is 9.48. The van der Waals surface area contributed by atoms with Gasteiger partial charge in [0.2, 0.25) is 17.7 Å². The van der Waals surface area contributed by atoms with E-state index in [1.54, 1.807) is 11.8 Å². The number of hydrogen-bond donors (Lipinski definition) is 3. The molecule has 2 aromatic carbocycles. The molecule has 2 bridgehead atoms. The van der Waals surface area contributed by atoms with Gasteiger partial charge in [0.25, 0.3) is 0 Å². The lowest BCUT2D eigenvalue weighted by molar-refractivity contribution is -0.140. The van der Waals surface area contributed by atoms with E-state index in [0.717, 1.165) is 12.0 Å². The van der Waals surface area contributed by atoms with Gasteiger partial charge < -0.3 is 20.6 Å². The van der Waals surface area contributed by atoms with Crippen LogP contribution >= 0.6 is 11.8 Å². The molecule has 0 aromatic heterocycles. The summed E-state index contributed by atoms with van der Waals surface area (Å²) in [7, 11) is 0. The molecule has 3 N–H and O–H groups in total. The monoisotopic (exact) mass is 479 g/mol. The van der Waals surface area contributed by atoms with E-state index in [4.69, 9.17) is 0 Å². The zero-order valence-corrected chi connectivity index (χ0v) is 19.9. The molecule has 34 heavy (non-hydrogen) atoms. The number of rotatable bonds is 7. The molecule has 1 spiro atoms. The SMILES string of the molecule is C[C@]12CCC3(S1)C(C(=O)NCc1ccccc1)N(CCO)C(=O)[C@@H]3[C@H]2C(=O)Nc1ccccc1. The summed E-state index contributed by atoms with van der Waals surface area (Å²) in [6.45, 7) is 2.24. The molecule has 3 fully saturated rings. The normalized spacial score (nSPS) is 31.4. The number of para-hydroxylation sites is 1. The third-order valence-electron chi connectivity index (χ3n) is 7.50. The number of carbonyl (C=O) groups excluding carboxylic acids is 3. The lowest BCUT2D eigenvalue weighted by Gasteiger charge is -2.34. The van der Waals surface area contributed by atoms with Gasteiger partial charge in [0.05, 0.1) is 23.2 Å². The summed E-state index contributed by atoms with van der Waals surface area (Å²) in [5.41, 5.74) is 1.66. The molecule has 3 aliphatic rings. The average molecular weight is 480 g/mol. The van der Waals surface area contributed by atoms with E-state index in [9.17, 15) is 19.5 Å². The van der Waals surface area contributed by atoms with Crippen LogP contribution in [0.5, 0.6) is 0 Å². The number of likely N-dealkylation sites (tertiary alicyclic amines) is 1. The lowest BCUT2D eigenvalue weighted by atomic mass is 9.66. The van der Waals surface area contributed by atoms with Crippen LogP contribution in [0, 0.1) is 11.8 Å². The maximum Gasteiger partial charge on any atom is 0.244 e. The molecule has 2 aromatic rings. The second kappa shape index (κ2) is 8.74. The highest BCUT2D eigenvalue weighted by Crippen LogP contribution is 2.71. The number of benzene rings is 2. The minimum Gasteiger partial charge on any atom is -0.395 e. The van der Waals surface area contributed by atoms with Gasteiger partial charge in [-0.3, -0.25) is 14.4 Å². The summed E-state index contributed by atoms with van der Waals surface area (Å²) in [5.74, 6) is -1.77. The summed E-state index contributed by atoms with van der Waals surface area (Å²) in [6, 6.07) is 18.1. The van der Waals surface area contributed by atoms with Crippen LogP contribution in [0.15, 0.2) is 60.7 Å². The van der Waals surface area contributed by atoms with Crippen molar-refractivity contribution in [3.8, 4) is 0 Å². The van der Waals surface area contributed by atoms with E-state index >= 15 is 0 Å². The summed E-state index contributed by atoms with van der Waals surface area (Å²) >= 11 is 1.62. The second-order valence-corrected chi connectivity index (χ2v) is 11.4. The van der Waals surface area contributed by atoms with Gasteiger partial charge in [-0.1, -0.05) is 48.5 Å². The molecular weight excluding hydrogens is 450 g/mol. The number of aliphatic hydroxyl groups is 1. The number of nitrogens with one attached hydrogen (secondary N) is 2. The Labute approximate surface area is 203 Å². The number of carbonyl (C=O) groups is 3. The van der Waals surface area contributed by atoms with Crippen LogP contribution in [0.2, 0.25) is 0 Å². The number of amides is 3. The number of anilines is 1. The average Bonchev–Trinajstić information content (AvgIpc) is 3.40. The zero-order chi connectivity index (χ0) is 23.9. The van der Waals surface area contributed by atoms with Crippen molar-refractivity contribution in [3.05, 3.63) is 66.2 Å². The summed E-state index contributed by atoms with van der Waals surface area (Å²) in [4.78, 5) is 42.3. The van der Waals surface area contributed by atoms with Crippen LogP contribution in [0.4, 0.5) is 5.69 Å². The highest BCUT2D eigenvalue weighted by atomic mass is 32.2. The summed E-state index contributed by atoms with van der Waals surface area (Å²) in [6.07, 6.45) is 1.44. The molecule has 8 heteroatoms. The number of fused-ring (bicyclic) bond motifs is 1. The Balaban J connectivity index is 1.44. The minimum absolute atomic E-state index is 0.0742. The van der Waals surface area contributed by atoms with Crippen LogP contribution in [0.25, 0.3) is 0 Å². The first-order valence-electron chi connectivity index (χ1n) is 11.7. The first-order valence-corrected chi connectivity index (χ1v) is 12.5. The van der Waals surface area contributed by atoms with Crippen molar-refractivity contribution in [2.75, 3.05) is 18.5 Å². The van der Waals surface area contributed by atoms with Crippen molar-refractivity contribution >= 4 is 35.2 Å². The van der Waals surface area contributed by atoms with Crippen molar-refractivity contribution in [3.63, 3.8) is 0 Å². The summed E-state index contributed by atoms with van der Waals surface area (Å²) in [5, 5.41) is 15.7. The number of nitrogens with zero attached hydrogens (tertiary/aromatic N) is 1. The molecule has 3 saturated heterocycles. The number of hydrogen-bond acceptors (Lipinski definition) is 5. The van der Waals surface area contributed by atoms with Crippen LogP contribution < -0.4 is 10.6 Å². The molecule has 3 heterocycles. The van der Waals surface area contributed by atoms with Gasteiger partial charge >= 0.3 is 0 Å². The van der Waals surface area contributed by atoms with Crippen molar-refractivity contribution in [2.24, 2.45) is 11.8 Å². The lowest BCUT2D eigenvalue weighted by Crippen LogP contribution is -2.53. The fraction of sp³-hybridized carbons (Fsp3) is 0.423. The van der Waals surface area contributed by atoms with Crippen LogP contribution in [0.1, 0.15) is 25.3 Å². The van der Waals surface area contributed by atoms with Gasteiger partial charge in [0.15, 0.2) is 0 Å². The van der Waals surface area contributed by atoms with E-state index in [1.807, 2.05) is 67.6 Å². The number of β-amino-alcohol motifs (C(OH)–C–C–N with tert-alkyl or cyclic N) is 1. The fourth-order valence-electron chi connectivity index (χ4n) is 6.10. The smallest absolute Gasteiger partial charge is 0.244 e. The van der Waals surface area contributed by atoms with E-state index in [-0.39, 0.29) is 30.9 Å². The Morgan fingerprint density at radius 3 is 2.41 bits per heavy atom. The van der Waals surface area contributed by atoms with Crippen molar-refractivity contribution < 1.29 is 19.5 Å². The van der Waals surface area contributed by atoms with Gasteiger partial charge in [-0.25, -0.2) is 0 Å². The molecule has 0 aliphatic carbocycles. The van der Waals surface area contributed by atoms with Gasteiger partial charge in [-0.2, -0.15) is 0 Å². The van der Waals surface area contributed by atoms with Gasteiger partial charge in [0, 0.05) is 23.5 Å². The molecule has 5 rings (SSSR count). The van der Waals surface area contributed by atoms with E-state index in [0.29, 0.717) is 18.7 Å². The number of thioether (sulfide) groups is 1. The maximum atomic E-state index is 13.7. The quantitative estimate of drug-likeness (QED) is 0.567. The van der Waals surface area contributed by atoms with Crippen LogP contribution in [0.3, 0.4) is 0 Å². The van der Waals surface area contributed by atoms with E-state index < -0.39 is 27.4 Å². The van der Waals surface area contributed by atoms with E-state index in [2.05, 4.69) is 10.6 Å². The second-order valence-electron chi connectivity index (χ2n) is 9.54. The third kappa shape index (κ3) is 3.60. The largest absolute Gasteiger partial charge is 0.395 e. The topological polar surface area (TPSA) is 98.7 Å². The van der Waals surface area contributed by atoms with Gasteiger partial charge in [-0.05, 0) is 37.5 Å². The fourth-order valence-corrected chi connectivity index (χ4v) is 8.45. The first kappa shape index (κ1) is 22.9. The van der Waals surface area contributed by atoms with E-state index in [1.165, 1.54) is 4.90 Å². The highest BCUT2D eigenvalue weighted by Gasteiger charge is 2.77. The highest BCUT2D eigenvalue weighted by molar-refractivity contribution is 8.02. The zero-order valence-electron chi connectivity index (χ0n) is 19.1. The molecule has 5 atom stereocenters. The molecule has 0 saturated carbocycles. The van der Waals surface area contributed by atoms with Crippen molar-refractivity contribution in [2.45, 2.75) is 41.8 Å². The predicted molar refractivity (Wildman–Crippen MR) is 131 cm³/mol. The number of aliphatic hydroxyl groups excluding tert-OH is 1. The maximum absolute atomic E-state index is 13.7. The Morgan fingerprint density at radius 2 is 1.74 bits per heavy atom. The molecule has 3 amide bonds. The predicted octanol–water partition coefficient (Wildman–Crippen LogP) is 2.42. The Hall–Kier alpha value is -2.84. The molecule has 3 aliphatic heterocycles. The van der Waals surface area contributed by atoms with Gasteiger partial charge in [-0.15, -0.1) is 11.8 Å². The van der Waals surface area contributed by atoms with Crippen LogP contribution in [-0.4, -0.2) is 56.4 Å². The van der Waals surface area contributed by atoms with Crippen molar-refractivity contribution in [1.29, 1.82) is 0 Å². The Bertz CT molecular complexity index is 1100. The molecule has 178 valence electrons. The Morgan fingerprint density at radius 1 is 1.06 bits per heavy atom. The molecule has 7 nitrogen and oxygen atoms in total. The molecule has 2 unspecified atom stereocenters.